The number of aromatic nitrogens is 4. The van der Waals surface area contributed by atoms with Crippen LogP contribution in [0.1, 0.15) is 62.6 Å². The highest BCUT2D eigenvalue weighted by atomic mass is 19.1. The number of carboxylic acids is 1. The lowest BCUT2D eigenvalue weighted by Crippen LogP contribution is -2.21. The number of nitrogens with one attached hydrogen (secondary N) is 1. The molecule has 0 amide bonds. The number of methoxy groups -OCH3 is 1. The summed E-state index contributed by atoms with van der Waals surface area (Å²) in [6.07, 6.45) is 4.65. The van der Waals surface area contributed by atoms with Crippen molar-refractivity contribution < 1.29 is 19.0 Å². The summed E-state index contributed by atoms with van der Waals surface area (Å²) in [4.78, 5) is 16.5. The van der Waals surface area contributed by atoms with Crippen LogP contribution in [0.2, 0.25) is 0 Å². The minimum atomic E-state index is -0.712. The second kappa shape index (κ2) is 8.17. The first-order valence-corrected chi connectivity index (χ1v) is 11.3. The molecular weight excluding hydrogens is 423 g/mol. The van der Waals surface area contributed by atoms with E-state index in [1.807, 2.05) is 0 Å². The summed E-state index contributed by atoms with van der Waals surface area (Å²) in [5.74, 6) is -0.853. The maximum atomic E-state index is 14.2. The van der Waals surface area contributed by atoms with Gasteiger partial charge in [0.2, 0.25) is 0 Å². The van der Waals surface area contributed by atoms with Crippen molar-refractivity contribution in [3.63, 3.8) is 0 Å². The maximum Gasteiger partial charge on any atom is 0.306 e. The maximum absolute atomic E-state index is 14.2. The molecule has 0 radical (unpaired) electrons. The van der Waals surface area contributed by atoms with Crippen LogP contribution in [0, 0.1) is 11.7 Å². The van der Waals surface area contributed by atoms with E-state index in [0.29, 0.717) is 18.5 Å². The number of aliphatic carboxylic acids is 1. The van der Waals surface area contributed by atoms with E-state index in [1.54, 1.807) is 18.3 Å². The van der Waals surface area contributed by atoms with Crippen molar-refractivity contribution in [1.29, 1.82) is 0 Å². The number of nitrogens with zero attached hydrogens (tertiary/aromatic N) is 3. The quantitative estimate of drug-likeness (QED) is 0.417. The number of pyridine rings is 1. The molecule has 2 N–H and O–H groups in total. The first-order valence-electron chi connectivity index (χ1n) is 11.3. The number of hydrogen-bond donors (Lipinski definition) is 2. The normalized spacial score (nSPS) is 18.9. The highest BCUT2D eigenvalue weighted by Gasteiger charge is 2.33. The molecule has 33 heavy (non-hydrogen) atoms. The molecule has 0 bridgehead atoms. The lowest BCUT2D eigenvalue weighted by atomic mass is 9.77. The number of fused-ring (bicyclic) bond motifs is 2. The lowest BCUT2D eigenvalue weighted by molar-refractivity contribution is -0.142. The summed E-state index contributed by atoms with van der Waals surface area (Å²) in [5.41, 5.74) is 5.60. The Morgan fingerprint density at radius 1 is 1.24 bits per heavy atom. The van der Waals surface area contributed by atoms with Gasteiger partial charge in [-0.2, -0.15) is 5.10 Å². The van der Waals surface area contributed by atoms with Crippen LogP contribution >= 0.6 is 0 Å². The third-order valence-electron chi connectivity index (χ3n) is 6.84. The van der Waals surface area contributed by atoms with E-state index in [9.17, 15) is 14.3 Å². The van der Waals surface area contributed by atoms with Gasteiger partial charge in [-0.25, -0.2) is 9.37 Å². The number of hydrogen-bond acceptors (Lipinski definition) is 4. The summed E-state index contributed by atoms with van der Waals surface area (Å²) in [6.45, 7) is 4.29. The molecule has 1 fully saturated rings. The number of H-pyrrole nitrogens is 1. The third-order valence-corrected chi connectivity index (χ3v) is 6.84. The Balaban J connectivity index is 1.77. The Labute approximate surface area is 190 Å². The first kappa shape index (κ1) is 21.4. The third kappa shape index (κ3) is 3.53. The number of benzene rings is 1. The molecule has 5 rings (SSSR count). The Hall–Kier alpha value is -3.42. The summed E-state index contributed by atoms with van der Waals surface area (Å²) in [7, 11) is 1.46. The zero-order valence-electron chi connectivity index (χ0n) is 18.9. The molecule has 0 unspecified atom stereocenters. The van der Waals surface area contributed by atoms with E-state index >= 15 is 0 Å². The summed E-state index contributed by atoms with van der Waals surface area (Å²) in [6, 6.07) is 6.96. The van der Waals surface area contributed by atoms with Crippen LogP contribution in [-0.2, 0) is 4.79 Å². The Bertz CT molecular complexity index is 1350. The molecule has 0 atom stereocenters. The molecule has 4 aromatic rings. The number of carbonyl (C=O) groups is 1. The molecule has 0 saturated heterocycles. The number of ether oxygens (including phenoxy) is 1. The van der Waals surface area contributed by atoms with Crippen molar-refractivity contribution in [1.82, 2.24) is 19.7 Å². The predicted octanol–water partition coefficient (Wildman–Crippen LogP) is 5.53. The standard InChI is InChI=1S/C25H27FN4O3/c1-13(2)23-21(14-4-6-15(7-5-14)25(31)32)22-19(10-16-12-27-29-24(16)28-22)30(23)17-8-9-18(26)20(11-17)33-3/h8-15H,4-7H2,1-3H3,(H,31,32)(H,27,28,29). The van der Waals surface area contributed by atoms with Gasteiger partial charge < -0.3 is 14.4 Å². The molecule has 172 valence electrons. The van der Waals surface area contributed by atoms with E-state index < -0.39 is 11.8 Å². The number of rotatable bonds is 5. The smallest absolute Gasteiger partial charge is 0.306 e. The Morgan fingerprint density at radius 3 is 2.67 bits per heavy atom. The van der Waals surface area contributed by atoms with Crippen LogP contribution < -0.4 is 4.74 Å². The van der Waals surface area contributed by atoms with Crippen molar-refractivity contribution in [2.24, 2.45) is 5.92 Å². The second-order valence-electron chi connectivity index (χ2n) is 9.16. The molecule has 8 heteroatoms. The monoisotopic (exact) mass is 450 g/mol. The van der Waals surface area contributed by atoms with Gasteiger partial charge >= 0.3 is 5.97 Å². The summed E-state index contributed by atoms with van der Waals surface area (Å²) >= 11 is 0. The zero-order chi connectivity index (χ0) is 23.3. The van der Waals surface area contributed by atoms with Crippen molar-refractivity contribution in [3.8, 4) is 11.4 Å². The van der Waals surface area contributed by atoms with E-state index in [-0.39, 0.29) is 23.5 Å². The second-order valence-corrected chi connectivity index (χ2v) is 9.16. The fourth-order valence-corrected chi connectivity index (χ4v) is 5.28. The average Bonchev–Trinajstić information content (AvgIpc) is 3.39. The fourth-order valence-electron chi connectivity index (χ4n) is 5.28. The highest BCUT2D eigenvalue weighted by Crippen LogP contribution is 2.45. The summed E-state index contributed by atoms with van der Waals surface area (Å²) < 4.78 is 21.6. The van der Waals surface area contributed by atoms with Gasteiger partial charge in [0.05, 0.1) is 30.3 Å². The van der Waals surface area contributed by atoms with E-state index in [2.05, 4.69) is 34.7 Å². The van der Waals surface area contributed by atoms with Crippen LogP contribution in [0.3, 0.4) is 0 Å². The van der Waals surface area contributed by atoms with E-state index in [4.69, 9.17) is 9.72 Å². The molecule has 0 aliphatic heterocycles. The van der Waals surface area contributed by atoms with Gasteiger partial charge in [0.15, 0.2) is 17.2 Å². The van der Waals surface area contributed by atoms with Gasteiger partial charge in [0, 0.05) is 28.4 Å². The van der Waals surface area contributed by atoms with Gasteiger partial charge in [-0.1, -0.05) is 13.8 Å². The van der Waals surface area contributed by atoms with Crippen molar-refractivity contribution in [2.45, 2.75) is 51.4 Å². The van der Waals surface area contributed by atoms with Crippen molar-refractivity contribution in [2.75, 3.05) is 7.11 Å². The topological polar surface area (TPSA) is 93.0 Å². The van der Waals surface area contributed by atoms with E-state index in [0.717, 1.165) is 46.2 Å². The van der Waals surface area contributed by atoms with Gasteiger partial charge in [-0.05, 0) is 55.7 Å². The Morgan fingerprint density at radius 2 is 2.00 bits per heavy atom. The first-order chi connectivity index (χ1) is 15.9. The van der Waals surface area contributed by atoms with Crippen LogP contribution in [-0.4, -0.2) is 37.9 Å². The Kier molecular flexibility index (Phi) is 5.31. The minimum Gasteiger partial charge on any atom is -0.494 e. The fraction of sp³-hybridized carbons (Fsp3) is 0.400. The van der Waals surface area contributed by atoms with Crippen molar-refractivity contribution in [3.05, 3.63) is 47.5 Å². The van der Waals surface area contributed by atoms with Gasteiger partial charge in [-0.15, -0.1) is 0 Å². The van der Waals surface area contributed by atoms with Crippen molar-refractivity contribution >= 4 is 28.0 Å². The van der Waals surface area contributed by atoms with E-state index in [1.165, 1.54) is 13.2 Å². The molecule has 1 aromatic carbocycles. The average molecular weight is 451 g/mol. The minimum absolute atomic E-state index is 0.166. The van der Waals surface area contributed by atoms with Crippen LogP contribution in [0.5, 0.6) is 5.75 Å². The molecule has 3 heterocycles. The molecule has 0 spiro atoms. The van der Waals surface area contributed by atoms with Crippen LogP contribution in [0.25, 0.3) is 27.8 Å². The number of aromatic amines is 1. The molecule has 1 saturated carbocycles. The molecule has 1 aliphatic rings. The number of halogens is 1. The van der Waals surface area contributed by atoms with Gasteiger partial charge in [-0.3, -0.25) is 9.89 Å². The van der Waals surface area contributed by atoms with Crippen LogP contribution in [0.4, 0.5) is 4.39 Å². The predicted molar refractivity (Wildman–Crippen MR) is 124 cm³/mol. The molecule has 1 aliphatic carbocycles. The summed E-state index contributed by atoms with van der Waals surface area (Å²) in [5, 5.41) is 17.5. The van der Waals surface area contributed by atoms with Gasteiger partial charge in [0.1, 0.15) is 0 Å². The zero-order valence-corrected chi connectivity index (χ0v) is 18.9. The largest absolute Gasteiger partial charge is 0.494 e. The SMILES string of the molecule is COc1cc(-n2c(C(C)C)c(C3CCC(C(=O)O)CC3)c3nc4[nH]ncc4cc32)ccc1F. The number of carboxylic acid groups (broad SMARTS) is 1. The molecule has 3 aromatic heterocycles. The molecular formula is C25H27FN4O3. The lowest BCUT2D eigenvalue weighted by Gasteiger charge is -2.28. The van der Waals surface area contributed by atoms with Crippen LogP contribution in [0.15, 0.2) is 30.5 Å². The van der Waals surface area contributed by atoms with Gasteiger partial charge in [0.25, 0.3) is 0 Å². The highest BCUT2D eigenvalue weighted by molar-refractivity contribution is 5.93. The molecule has 7 nitrogen and oxygen atoms in total.